The highest BCUT2D eigenvalue weighted by atomic mass is 32.2. The van der Waals surface area contributed by atoms with Crippen molar-refractivity contribution in [1.29, 1.82) is 0 Å². The zero-order valence-electron chi connectivity index (χ0n) is 14.8. The summed E-state index contributed by atoms with van der Waals surface area (Å²) in [5.41, 5.74) is 1.48. The number of anilines is 2. The number of carbonyl (C=O) groups is 1. The second-order valence-corrected chi connectivity index (χ2v) is 8.14. The topological polar surface area (TPSA) is 73.6 Å². The van der Waals surface area contributed by atoms with Crippen molar-refractivity contribution in [1.82, 2.24) is 4.31 Å². The van der Waals surface area contributed by atoms with Crippen LogP contribution in [-0.2, 0) is 21.4 Å². The average molecular weight is 363 g/mol. The van der Waals surface area contributed by atoms with Gasteiger partial charge < -0.3 is 10.2 Å². The summed E-state index contributed by atoms with van der Waals surface area (Å²) in [5.74, 6) is -0.234. The Morgan fingerprint density at radius 1 is 1.08 bits per heavy atom. The van der Waals surface area contributed by atoms with Crippen LogP contribution in [0, 0.1) is 0 Å². The van der Waals surface area contributed by atoms with Crippen molar-refractivity contribution in [3.8, 4) is 0 Å². The molecule has 0 fully saturated rings. The van der Waals surface area contributed by atoms with Gasteiger partial charge >= 0.3 is 0 Å². The fraction of sp³-hybridized carbons (Fsp3) is 0.294. The molecule has 1 amide bonds. The molecule has 8 heteroatoms. The molecule has 2 aromatic rings. The number of nitrogens with zero attached hydrogens (tertiary/aromatic N) is 3. The molecule has 0 spiro atoms. The van der Waals surface area contributed by atoms with E-state index in [1.807, 2.05) is 43.5 Å². The molecule has 0 saturated heterocycles. The molecular weight excluding hydrogens is 340 g/mol. The molecule has 0 radical (unpaired) electrons. The molecule has 0 aliphatic heterocycles. The molecule has 0 atom stereocenters. The summed E-state index contributed by atoms with van der Waals surface area (Å²) in [6.07, 6.45) is 3.64. The molecule has 25 heavy (non-hydrogen) atoms. The normalized spacial score (nSPS) is 11.4. The van der Waals surface area contributed by atoms with E-state index < -0.39 is 10.0 Å². The Balaban J connectivity index is 2.08. The third-order valence-electron chi connectivity index (χ3n) is 3.61. The Morgan fingerprint density at radius 2 is 1.72 bits per heavy atom. The van der Waals surface area contributed by atoms with Crippen LogP contribution < -0.4 is 14.8 Å². The lowest BCUT2D eigenvalue weighted by Gasteiger charge is -2.12. The first-order chi connectivity index (χ1) is 11.7. The molecule has 0 saturated carbocycles. The smallest absolute Gasteiger partial charge is 0.290 e. The van der Waals surface area contributed by atoms with Gasteiger partial charge in [-0.1, -0.05) is 6.07 Å². The van der Waals surface area contributed by atoms with E-state index in [2.05, 4.69) is 5.32 Å². The highest BCUT2D eigenvalue weighted by Gasteiger charge is 2.18. The van der Waals surface area contributed by atoms with E-state index in [-0.39, 0.29) is 17.3 Å². The van der Waals surface area contributed by atoms with Gasteiger partial charge in [0.15, 0.2) is 12.4 Å². The molecule has 134 valence electrons. The first kappa shape index (κ1) is 18.9. The first-order valence-corrected chi connectivity index (χ1v) is 9.13. The lowest BCUT2D eigenvalue weighted by atomic mass is 10.3. The minimum Gasteiger partial charge on any atom is -0.377 e. The lowest BCUT2D eigenvalue weighted by molar-refractivity contribution is -0.684. The molecule has 0 unspecified atom stereocenters. The van der Waals surface area contributed by atoms with Gasteiger partial charge in [-0.2, -0.15) is 4.57 Å². The van der Waals surface area contributed by atoms with Crippen LogP contribution >= 0.6 is 0 Å². The highest BCUT2D eigenvalue weighted by molar-refractivity contribution is 7.89. The van der Waals surface area contributed by atoms with Crippen molar-refractivity contribution in [2.24, 2.45) is 0 Å². The van der Waals surface area contributed by atoms with Crippen molar-refractivity contribution in [3.05, 3.63) is 48.8 Å². The van der Waals surface area contributed by atoms with Gasteiger partial charge in [0, 0.05) is 51.7 Å². The molecule has 1 N–H and O–H groups in total. The average Bonchev–Trinajstić information content (AvgIpc) is 2.55. The Hall–Kier alpha value is -2.45. The van der Waals surface area contributed by atoms with E-state index in [1.165, 1.54) is 26.2 Å². The molecule has 1 aromatic carbocycles. The van der Waals surface area contributed by atoms with E-state index in [4.69, 9.17) is 0 Å². The first-order valence-electron chi connectivity index (χ1n) is 7.69. The highest BCUT2D eigenvalue weighted by Crippen LogP contribution is 2.17. The summed E-state index contributed by atoms with van der Waals surface area (Å²) in [7, 11) is 3.29. The predicted molar refractivity (Wildman–Crippen MR) is 96.9 cm³/mol. The molecule has 1 heterocycles. The number of amides is 1. The van der Waals surface area contributed by atoms with Gasteiger partial charge in [0.1, 0.15) is 0 Å². The second-order valence-electron chi connectivity index (χ2n) is 5.99. The number of carbonyl (C=O) groups excluding carboxylic acids is 1. The van der Waals surface area contributed by atoms with Crippen molar-refractivity contribution >= 4 is 27.3 Å². The zero-order chi connectivity index (χ0) is 18.6. The van der Waals surface area contributed by atoms with Crippen molar-refractivity contribution in [3.63, 3.8) is 0 Å². The Kier molecular flexibility index (Phi) is 5.76. The molecule has 2 rings (SSSR count). The molecule has 0 bridgehead atoms. The van der Waals surface area contributed by atoms with Crippen LogP contribution in [0.4, 0.5) is 11.4 Å². The number of pyridine rings is 1. The van der Waals surface area contributed by atoms with Crippen LogP contribution in [0.15, 0.2) is 53.7 Å². The lowest BCUT2D eigenvalue weighted by Crippen LogP contribution is -2.39. The number of rotatable bonds is 6. The van der Waals surface area contributed by atoms with Gasteiger partial charge in [-0.25, -0.2) is 12.7 Å². The molecular formula is C17H23N4O3S+. The summed E-state index contributed by atoms with van der Waals surface area (Å²) in [4.78, 5) is 14.3. The summed E-state index contributed by atoms with van der Waals surface area (Å²) < 4.78 is 27.2. The third-order valence-corrected chi connectivity index (χ3v) is 5.42. The van der Waals surface area contributed by atoms with Gasteiger partial charge in [0.05, 0.1) is 4.90 Å². The number of aromatic nitrogens is 1. The van der Waals surface area contributed by atoms with Crippen molar-refractivity contribution in [2.75, 3.05) is 38.4 Å². The molecule has 1 aromatic heterocycles. The standard InChI is InChI=1S/C17H22N4O3S/c1-19(2)15-8-10-21(11-9-15)13-17(22)18-14-6-5-7-16(12-14)25(23,24)20(3)4/h5-12H,13H2,1-4H3/p+1. The number of nitrogens with one attached hydrogen (secondary N) is 1. The van der Waals surface area contributed by atoms with Crippen molar-refractivity contribution in [2.45, 2.75) is 11.4 Å². The minimum atomic E-state index is -3.53. The maximum atomic E-state index is 12.2. The van der Waals surface area contributed by atoms with Crippen LogP contribution in [0.2, 0.25) is 0 Å². The van der Waals surface area contributed by atoms with E-state index in [9.17, 15) is 13.2 Å². The van der Waals surface area contributed by atoms with Crippen molar-refractivity contribution < 1.29 is 17.8 Å². The molecule has 0 aliphatic carbocycles. The minimum absolute atomic E-state index is 0.137. The number of benzene rings is 1. The predicted octanol–water partition coefficient (Wildman–Crippen LogP) is 0.929. The van der Waals surface area contributed by atoms with E-state index >= 15 is 0 Å². The summed E-state index contributed by atoms with van der Waals surface area (Å²) in [5, 5.41) is 2.73. The van der Waals surface area contributed by atoms with Gasteiger partial charge in [-0.3, -0.25) is 4.79 Å². The SMILES string of the molecule is CN(C)c1cc[n+](CC(=O)Nc2cccc(S(=O)(=O)N(C)C)c2)cc1. The Morgan fingerprint density at radius 3 is 2.28 bits per heavy atom. The quantitative estimate of drug-likeness (QED) is 0.775. The largest absolute Gasteiger partial charge is 0.377 e. The summed E-state index contributed by atoms with van der Waals surface area (Å²) >= 11 is 0. The molecule has 0 aliphatic rings. The third kappa shape index (κ3) is 4.77. The van der Waals surface area contributed by atoms with E-state index in [0.29, 0.717) is 5.69 Å². The van der Waals surface area contributed by atoms with E-state index in [1.54, 1.807) is 16.7 Å². The Bertz CT molecular complexity index is 846. The second kappa shape index (κ2) is 7.62. The van der Waals surface area contributed by atoms with E-state index in [0.717, 1.165) is 9.99 Å². The van der Waals surface area contributed by atoms with Crippen LogP contribution in [0.1, 0.15) is 0 Å². The summed E-state index contributed by atoms with van der Waals surface area (Å²) in [6.45, 7) is 0.137. The summed E-state index contributed by atoms with van der Waals surface area (Å²) in [6, 6.07) is 10.0. The number of hydrogen-bond acceptors (Lipinski definition) is 4. The van der Waals surface area contributed by atoms with Crippen LogP contribution in [0.3, 0.4) is 0 Å². The van der Waals surface area contributed by atoms with Gasteiger partial charge in [-0.15, -0.1) is 0 Å². The molecule has 7 nitrogen and oxygen atoms in total. The van der Waals surface area contributed by atoms with Gasteiger partial charge in [0.25, 0.3) is 5.91 Å². The maximum Gasteiger partial charge on any atom is 0.290 e. The fourth-order valence-corrected chi connectivity index (χ4v) is 3.11. The zero-order valence-corrected chi connectivity index (χ0v) is 15.6. The van der Waals surface area contributed by atoms with Crippen LogP contribution in [0.25, 0.3) is 0 Å². The van der Waals surface area contributed by atoms with Crippen LogP contribution in [-0.4, -0.2) is 46.8 Å². The maximum absolute atomic E-state index is 12.2. The Labute approximate surface area is 148 Å². The number of sulfonamides is 1. The monoisotopic (exact) mass is 363 g/mol. The van der Waals surface area contributed by atoms with Gasteiger partial charge in [0.2, 0.25) is 16.6 Å². The number of hydrogen-bond donors (Lipinski definition) is 1. The fourth-order valence-electron chi connectivity index (χ4n) is 2.16. The van der Waals surface area contributed by atoms with Gasteiger partial charge in [-0.05, 0) is 18.2 Å². The van der Waals surface area contributed by atoms with Crippen LogP contribution in [0.5, 0.6) is 0 Å².